The molecule has 4 nitrogen and oxygen atoms in total. The Hall–Kier alpha value is -3.79. The van der Waals surface area contributed by atoms with Gasteiger partial charge in [0, 0.05) is 23.3 Å². The molecule has 0 saturated carbocycles. The van der Waals surface area contributed by atoms with E-state index < -0.39 is 0 Å². The van der Waals surface area contributed by atoms with E-state index in [1.807, 2.05) is 77.4 Å². The summed E-state index contributed by atoms with van der Waals surface area (Å²) < 4.78 is 1.83. The van der Waals surface area contributed by atoms with Crippen LogP contribution in [0, 0.1) is 0 Å². The van der Waals surface area contributed by atoms with Crippen LogP contribution in [0.5, 0.6) is 0 Å². The predicted molar refractivity (Wildman–Crippen MR) is 106 cm³/mol. The molecule has 0 radical (unpaired) electrons. The normalized spacial score (nSPS) is 11.1. The fourth-order valence-electron chi connectivity index (χ4n) is 3.51. The maximum Gasteiger partial charge on any atom is 0.234 e. The molecule has 0 fully saturated rings. The van der Waals surface area contributed by atoms with Gasteiger partial charge in [-0.1, -0.05) is 60.7 Å². The van der Waals surface area contributed by atoms with Crippen molar-refractivity contribution < 1.29 is 4.79 Å². The maximum atomic E-state index is 13.5. The number of ketones is 1. The fourth-order valence-corrected chi connectivity index (χ4v) is 3.51. The van der Waals surface area contributed by atoms with Gasteiger partial charge in [0.05, 0.1) is 11.2 Å². The number of carbonyl (C=O) groups excluding carboxylic acids is 1. The number of carbonyl (C=O) groups is 1. The molecule has 0 bridgehead atoms. The van der Waals surface area contributed by atoms with Crippen molar-refractivity contribution in [3.8, 4) is 5.95 Å². The zero-order chi connectivity index (χ0) is 18.2. The van der Waals surface area contributed by atoms with Crippen molar-refractivity contribution >= 4 is 27.5 Å². The highest BCUT2D eigenvalue weighted by atomic mass is 16.1. The van der Waals surface area contributed by atoms with Crippen LogP contribution in [0.4, 0.5) is 0 Å². The van der Waals surface area contributed by atoms with Crippen molar-refractivity contribution in [2.45, 2.75) is 0 Å². The second-order valence-electron chi connectivity index (χ2n) is 6.33. The molecular formula is C23H15N3O. The molecule has 0 spiro atoms. The molecule has 0 unspecified atom stereocenters. The molecule has 0 N–H and O–H groups in total. The van der Waals surface area contributed by atoms with Gasteiger partial charge in [-0.05, 0) is 29.0 Å². The van der Waals surface area contributed by atoms with E-state index in [9.17, 15) is 4.79 Å². The molecule has 5 rings (SSSR count). The first-order chi connectivity index (χ1) is 13.3. The van der Waals surface area contributed by atoms with E-state index in [4.69, 9.17) is 0 Å². The summed E-state index contributed by atoms with van der Waals surface area (Å²) in [6.07, 6.45) is 3.37. The number of fused-ring (bicyclic) bond motifs is 2. The smallest absolute Gasteiger partial charge is 0.234 e. The predicted octanol–water partition coefficient (Wildman–Crippen LogP) is 4.80. The topological polar surface area (TPSA) is 47.8 Å². The van der Waals surface area contributed by atoms with Gasteiger partial charge in [0.2, 0.25) is 11.7 Å². The minimum absolute atomic E-state index is 0.0459. The van der Waals surface area contributed by atoms with Crippen LogP contribution < -0.4 is 0 Å². The molecule has 0 amide bonds. The Morgan fingerprint density at radius 1 is 0.741 bits per heavy atom. The first-order valence-electron chi connectivity index (χ1n) is 8.73. The third-order valence-corrected chi connectivity index (χ3v) is 4.73. The number of hydrogen-bond acceptors (Lipinski definition) is 3. The van der Waals surface area contributed by atoms with Crippen LogP contribution in [-0.2, 0) is 0 Å². The minimum Gasteiger partial charge on any atom is -0.287 e. The lowest BCUT2D eigenvalue weighted by atomic mass is 10.00. The van der Waals surface area contributed by atoms with Crippen LogP contribution in [0.1, 0.15) is 16.1 Å². The lowest BCUT2D eigenvalue weighted by Gasteiger charge is -2.10. The standard InChI is InChI=1S/C23H15N3O/c27-22(19-11-5-9-16-7-1-3-10-18(16)19)21-15-17-8-2-4-12-20(17)26(21)23-24-13-6-14-25-23/h1-15H. The molecule has 0 aliphatic heterocycles. The van der Waals surface area contributed by atoms with Crippen LogP contribution in [0.15, 0.2) is 91.3 Å². The van der Waals surface area contributed by atoms with E-state index in [-0.39, 0.29) is 5.78 Å². The van der Waals surface area contributed by atoms with Crippen molar-refractivity contribution in [3.63, 3.8) is 0 Å². The Kier molecular flexibility index (Phi) is 3.54. The highest BCUT2D eigenvalue weighted by Crippen LogP contribution is 2.27. The summed E-state index contributed by atoms with van der Waals surface area (Å²) >= 11 is 0. The number of para-hydroxylation sites is 1. The van der Waals surface area contributed by atoms with Crippen LogP contribution in [-0.4, -0.2) is 20.3 Å². The van der Waals surface area contributed by atoms with Gasteiger partial charge in [-0.3, -0.25) is 9.36 Å². The number of hydrogen-bond donors (Lipinski definition) is 0. The molecule has 2 heterocycles. The van der Waals surface area contributed by atoms with Gasteiger partial charge >= 0.3 is 0 Å². The molecule has 0 saturated heterocycles. The molecule has 27 heavy (non-hydrogen) atoms. The van der Waals surface area contributed by atoms with Gasteiger partial charge in [0.25, 0.3) is 0 Å². The third kappa shape index (κ3) is 2.50. The quantitative estimate of drug-likeness (QED) is 0.439. The number of benzene rings is 3. The van der Waals surface area contributed by atoms with Crippen LogP contribution in [0.25, 0.3) is 27.6 Å². The van der Waals surface area contributed by atoms with Gasteiger partial charge in [-0.15, -0.1) is 0 Å². The average Bonchev–Trinajstić information content (AvgIpc) is 3.13. The van der Waals surface area contributed by atoms with Gasteiger partial charge < -0.3 is 0 Å². The molecule has 128 valence electrons. The van der Waals surface area contributed by atoms with E-state index in [2.05, 4.69) is 9.97 Å². The molecular weight excluding hydrogens is 334 g/mol. The molecule has 4 heteroatoms. The van der Waals surface area contributed by atoms with Crippen LogP contribution in [0.2, 0.25) is 0 Å². The van der Waals surface area contributed by atoms with E-state index in [1.54, 1.807) is 18.5 Å². The zero-order valence-electron chi connectivity index (χ0n) is 14.4. The van der Waals surface area contributed by atoms with Crippen molar-refractivity contribution in [1.29, 1.82) is 0 Å². The Morgan fingerprint density at radius 3 is 2.30 bits per heavy atom. The molecule has 0 aliphatic carbocycles. The Labute approximate surface area is 155 Å². The largest absolute Gasteiger partial charge is 0.287 e. The molecule has 3 aromatic carbocycles. The van der Waals surface area contributed by atoms with Crippen molar-refractivity contribution in [2.24, 2.45) is 0 Å². The number of aromatic nitrogens is 3. The molecule has 2 aromatic heterocycles. The fraction of sp³-hybridized carbons (Fsp3) is 0. The monoisotopic (exact) mass is 349 g/mol. The first-order valence-corrected chi connectivity index (χ1v) is 8.73. The van der Waals surface area contributed by atoms with Gasteiger partial charge in [0.1, 0.15) is 0 Å². The van der Waals surface area contributed by atoms with Crippen molar-refractivity contribution in [1.82, 2.24) is 14.5 Å². The van der Waals surface area contributed by atoms with E-state index >= 15 is 0 Å². The molecule has 5 aromatic rings. The van der Waals surface area contributed by atoms with Crippen LogP contribution >= 0.6 is 0 Å². The summed E-state index contributed by atoms with van der Waals surface area (Å²) in [7, 11) is 0. The Morgan fingerprint density at radius 2 is 1.44 bits per heavy atom. The summed E-state index contributed by atoms with van der Waals surface area (Å²) in [5, 5.41) is 2.96. The summed E-state index contributed by atoms with van der Waals surface area (Å²) in [4.78, 5) is 22.3. The number of rotatable bonds is 3. The lowest BCUT2D eigenvalue weighted by Crippen LogP contribution is -2.11. The van der Waals surface area contributed by atoms with E-state index in [1.165, 1.54) is 0 Å². The van der Waals surface area contributed by atoms with Gasteiger partial charge in [-0.25, -0.2) is 9.97 Å². The third-order valence-electron chi connectivity index (χ3n) is 4.73. The number of nitrogens with zero attached hydrogens (tertiary/aromatic N) is 3. The van der Waals surface area contributed by atoms with E-state index in [0.717, 1.165) is 21.7 Å². The Balaban J connectivity index is 1.79. The second-order valence-corrected chi connectivity index (χ2v) is 6.33. The molecule has 0 atom stereocenters. The van der Waals surface area contributed by atoms with Gasteiger partial charge in [0.15, 0.2) is 0 Å². The summed E-state index contributed by atoms with van der Waals surface area (Å²) in [6, 6.07) is 25.3. The zero-order valence-corrected chi connectivity index (χ0v) is 14.4. The van der Waals surface area contributed by atoms with Crippen molar-refractivity contribution in [2.75, 3.05) is 0 Å². The summed E-state index contributed by atoms with van der Waals surface area (Å²) in [6.45, 7) is 0. The first kappa shape index (κ1) is 15.5. The van der Waals surface area contributed by atoms with Crippen molar-refractivity contribution in [3.05, 3.63) is 103 Å². The van der Waals surface area contributed by atoms with Crippen LogP contribution in [0.3, 0.4) is 0 Å². The SMILES string of the molecule is O=C(c1cccc2ccccc12)c1cc2ccccc2n1-c1ncccn1. The van der Waals surface area contributed by atoms with Gasteiger partial charge in [-0.2, -0.15) is 0 Å². The highest BCUT2D eigenvalue weighted by molar-refractivity contribution is 6.17. The van der Waals surface area contributed by atoms with E-state index in [0.29, 0.717) is 17.2 Å². The molecule has 0 aliphatic rings. The lowest BCUT2D eigenvalue weighted by molar-refractivity contribution is 0.103. The Bertz CT molecular complexity index is 1280. The highest BCUT2D eigenvalue weighted by Gasteiger charge is 2.20. The summed E-state index contributed by atoms with van der Waals surface area (Å²) in [5.41, 5.74) is 2.14. The average molecular weight is 349 g/mol. The minimum atomic E-state index is -0.0459. The second kappa shape index (κ2) is 6.18. The maximum absolute atomic E-state index is 13.5. The summed E-state index contributed by atoms with van der Waals surface area (Å²) in [5.74, 6) is 0.442.